The number of piperazine rings is 1. The van der Waals surface area contributed by atoms with E-state index in [0.717, 1.165) is 69.0 Å². The molecular weight excluding hydrogens is 777 g/mol. The van der Waals surface area contributed by atoms with Crippen molar-refractivity contribution in [3.05, 3.63) is 93.5 Å². The summed E-state index contributed by atoms with van der Waals surface area (Å²) in [6.07, 6.45) is 5.20. The molecule has 15 heteroatoms. The molecule has 5 fully saturated rings. The Morgan fingerprint density at radius 1 is 0.831 bits per heavy atom. The summed E-state index contributed by atoms with van der Waals surface area (Å²) < 4.78 is 21.9. The van der Waals surface area contributed by atoms with Crippen LogP contribution in [0.3, 0.4) is 0 Å². The van der Waals surface area contributed by atoms with E-state index in [2.05, 4.69) is 24.9 Å². The van der Waals surface area contributed by atoms with E-state index in [9.17, 15) is 24.0 Å². The highest BCUT2D eigenvalue weighted by molar-refractivity contribution is 6.33. The van der Waals surface area contributed by atoms with Crippen LogP contribution in [0.4, 0.5) is 21.5 Å². The fourth-order valence-corrected chi connectivity index (χ4v) is 10.2. The summed E-state index contributed by atoms with van der Waals surface area (Å²) in [5.74, 6) is -1.45. The lowest BCUT2D eigenvalue weighted by Crippen LogP contribution is -2.54. The summed E-state index contributed by atoms with van der Waals surface area (Å²) in [6.45, 7) is 12.7. The summed E-state index contributed by atoms with van der Waals surface area (Å²) in [5.41, 5.74) is 2.70. The minimum Gasteiger partial charge on any atom is -0.490 e. The van der Waals surface area contributed by atoms with Crippen molar-refractivity contribution in [3.8, 4) is 5.75 Å². The van der Waals surface area contributed by atoms with Crippen LogP contribution >= 0.6 is 11.6 Å². The van der Waals surface area contributed by atoms with Gasteiger partial charge in [0.05, 0.1) is 28.4 Å². The SMILES string of the molecule is [C-]#[N+]c1ccc(OC2CC3CCC(C2)N3C(=O)c2ccc(N3CCN(CC4CCN(c5ccc6c(c5)C(=O)N(C5CCC(=O)NC5=O)C6=O)CC4)CC3)c(F)c2)cc1Cl. The van der Waals surface area contributed by atoms with E-state index in [-0.39, 0.29) is 53.9 Å². The van der Waals surface area contributed by atoms with Crippen LogP contribution in [-0.2, 0) is 9.59 Å². The predicted molar refractivity (Wildman–Crippen MR) is 217 cm³/mol. The van der Waals surface area contributed by atoms with E-state index >= 15 is 4.39 Å². The number of fused-ring (bicyclic) bond motifs is 3. The first-order valence-corrected chi connectivity index (χ1v) is 21.0. The van der Waals surface area contributed by atoms with Crippen molar-refractivity contribution >= 4 is 58.2 Å². The Balaban J connectivity index is 0.743. The largest absolute Gasteiger partial charge is 0.490 e. The average Bonchev–Trinajstić information content (AvgIpc) is 3.64. The van der Waals surface area contributed by atoms with Crippen molar-refractivity contribution in [2.24, 2.45) is 5.92 Å². The number of amides is 5. The molecule has 306 valence electrons. The number of carbonyl (C=O) groups excluding carboxylic acids is 5. The molecule has 0 radical (unpaired) electrons. The number of ether oxygens (including phenoxy) is 1. The summed E-state index contributed by atoms with van der Waals surface area (Å²) >= 11 is 6.21. The highest BCUT2D eigenvalue weighted by atomic mass is 35.5. The molecule has 0 aliphatic carbocycles. The molecule has 3 unspecified atom stereocenters. The lowest BCUT2D eigenvalue weighted by molar-refractivity contribution is -0.136. The third-order valence-electron chi connectivity index (χ3n) is 13.1. The molecule has 6 aliphatic rings. The van der Waals surface area contributed by atoms with Crippen molar-refractivity contribution < 1.29 is 33.1 Å². The lowest BCUT2D eigenvalue weighted by Gasteiger charge is -2.40. The van der Waals surface area contributed by atoms with Crippen molar-refractivity contribution in [2.75, 3.05) is 55.6 Å². The number of benzene rings is 3. The number of halogens is 2. The average molecular weight is 822 g/mol. The van der Waals surface area contributed by atoms with Gasteiger partial charge in [0.25, 0.3) is 17.7 Å². The fourth-order valence-electron chi connectivity index (χ4n) is 10.0. The number of rotatable bonds is 8. The summed E-state index contributed by atoms with van der Waals surface area (Å²) in [5, 5.41) is 2.59. The highest BCUT2D eigenvalue weighted by Gasteiger charge is 2.46. The zero-order valence-electron chi connectivity index (χ0n) is 32.6. The predicted octanol–water partition coefficient (Wildman–Crippen LogP) is 5.68. The summed E-state index contributed by atoms with van der Waals surface area (Å²) in [7, 11) is 0. The molecule has 6 aliphatic heterocycles. The molecule has 59 heavy (non-hydrogen) atoms. The third kappa shape index (κ3) is 7.51. The van der Waals surface area contributed by atoms with E-state index in [4.69, 9.17) is 22.9 Å². The van der Waals surface area contributed by atoms with Crippen molar-refractivity contribution in [3.63, 3.8) is 0 Å². The molecule has 0 spiro atoms. The first kappa shape index (κ1) is 39.0. The standard InChI is InChI=1S/C44H45ClFN7O6/c1-47-37-8-6-31(24-35(37)45)59-32-21-29-3-4-30(22-32)52(29)42(56)27-2-9-38(36(46)20-27)51-18-16-49(17-19-51)25-26-12-14-50(15-13-26)28-5-7-33-34(23-28)44(58)53(43(33)57)39-10-11-40(54)48-41(39)55/h2,5-9,20,23-24,26,29-30,32,39H,3-4,10-19,21-22,25H2,(H,48,54,55). The van der Waals surface area contributed by atoms with Gasteiger partial charge in [0.2, 0.25) is 17.5 Å². The van der Waals surface area contributed by atoms with E-state index in [0.29, 0.717) is 59.6 Å². The van der Waals surface area contributed by atoms with Gasteiger partial charge in [-0.1, -0.05) is 17.7 Å². The van der Waals surface area contributed by atoms with Crippen LogP contribution in [0.25, 0.3) is 4.85 Å². The molecule has 2 bridgehead atoms. The second-order valence-electron chi connectivity index (χ2n) is 16.6. The topological polar surface area (TPSA) is 127 Å². The zero-order valence-corrected chi connectivity index (χ0v) is 33.3. The van der Waals surface area contributed by atoms with Gasteiger partial charge in [0.1, 0.15) is 23.7 Å². The fraction of sp³-hybridized carbons (Fsp3) is 0.455. The number of hydrogen-bond donors (Lipinski definition) is 1. The molecule has 0 saturated carbocycles. The first-order valence-electron chi connectivity index (χ1n) is 20.6. The van der Waals surface area contributed by atoms with Crippen LogP contribution in [0.1, 0.15) is 82.4 Å². The number of piperidine rings is 3. The van der Waals surface area contributed by atoms with Crippen LogP contribution in [-0.4, -0.2) is 114 Å². The van der Waals surface area contributed by atoms with Crippen molar-refractivity contribution in [1.82, 2.24) is 20.0 Å². The van der Waals surface area contributed by atoms with Crippen LogP contribution < -0.4 is 19.9 Å². The molecule has 9 rings (SSSR count). The quantitative estimate of drug-likeness (QED) is 0.226. The Kier molecular flexibility index (Phi) is 10.5. The summed E-state index contributed by atoms with van der Waals surface area (Å²) in [4.78, 5) is 77.4. The van der Waals surface area contributed by atoms with E-state index < -0.39 is 29.7 Å². The molecular formula is C44H45ClFN7O6. The Morgan fingerprint density at radius 3 is 2.24 bits per heavy atom. The highest BCUT2D eigenvalue weighted by Crippen LogP contribution is 2.40. The van der Waals surface area contributed by atoms with Gasteiger partial charge in [0.15, 0.2) is 0 Å². The second kappa shape index (κ2) is 15.9. The Morgan fingerprint density at radius 2 is 1.56 bits per heavy atom. The Hall–Kier alpha value is -5.52. The van der Waals surface area contributed by atoms with Crippen molar-refractivity contribution in [2.45, 2.75) is 75.6 Å². The van der Waals surface area contributed by atoms with Gasteiger partial charge in [-0.05, 0) is 86.6 Å². The Labute approximate surface area is 346 Å². The van der Waals surface area contributed by atoms with E-state index in [1.165, 1.54) is 6.07 Å². The van der Waals surface area contributed by atoms with Gasteiger partial charge < -0.3 is 19.4 Å². The smallest absolute Gasteiger partial charge is 0.262 e. The van der Waals surface area contributed by atoms with Gasteiger partial charge in [-0.2, -0.15) is 0 Å². The molecule has 13 nitrogen and oxygen atoms in total. The van der Waals surface area contributed by atoms with E-state index in [1.807, 2.05) is 11.0 Å². The molecule has 3 aromatic rings. The summed E-state index contributed by atoms with van der Waals surface area (Å²) in [6, 6.07) is 14.3. The Bertz CT molecular complexity index is 2250. The van der Waals surface area contributed by atoms with Gasteiger partial charge in [-0.15, -0.1) is 0 Å². The maximum absolute atomic E-state index is 15.7. The maximum Gasteiger partial charge on any atom is 0.262 e. The van der Waals surface area contributed by atoms with Crippen LogP contribution in [0, 0.1) is 18.3 Å². The zero-order chi connectivity index (χ0) is 40.9. The minimum atomic E-state index is -0.988. The molecule has 5 amide bonds. The van der Waals surface area contributed by atoms with Gasteiger partial charge >= 0.3 is 0 Å². The minimum absolute atomic E-state index is 0.0175. The lowest BCUT2D eigenvalue weighted by atomic mass is 9.95. The monoisotopic (exact) mass is 821 g/mol. The molecule has 0 aromatic heterocycles. The number of anilines is 2. The number of hydrogen-bond acceptors (Lipinski definition) is 9. The number of nitrogens with zero attached hydrogens (tertiary/aromatic N) is 6. The second-order valence-corrected chi connectivity index (χ2v) is 17.0. The molecule has 5 saturated heterocycles. The normalized spacial score (nSPS) is 25.0. The van der Waals surface area contributed by atoms with Gasteiger partial charge in [-0.25, -0.2) is 9.24 Å². The molecule has 3 aromatic carbocycles. The maximum atomic E-state index is 15.7. The number of carbonyl (C=O) groups is 5. The number of imide groups is 2. The number of nitrogens with one attached hydrogen (secondary N) is 1. The molecule has 3 atom stereocenters. The van der Waals surface area contributed by atoms with Crippen molar-refractivity contribution in [1.29, 1.82) is 0 Å². The van der Waals surface area contributed by atoms with Gasteiger partial charge in [0, 0.05) is 88.4 Å². The first-order chi connectivity index (χ1) is 28.5. The third-order valence-corrected chi connectivity index (χ3v) is 13.4. The van der Waals surface area contributed by atoms with Crippen LogP contribution in [0.15, 0.2) is 54.6 Å². The van der Waals surface area contributed by atoms with Gasteiger partial charge in [-0.3, -0.25) is 39.1 Å². The van der Waals surface area contributed by atoms with E-state index in [1.54, 1.807) is 42.5 Å². The van der Waals surface area contributed by atoms with Crippen LogP contribution in [0.2, 0.25) is 5.02 Å². The molecule has 6 heterocycles. The molecule has 1 N–H and O–H groups in total. The van der Waals surface area contributed by atoms with Crippen LogP contribution in [0.5, 0.6) is 5.75 Å².